The third kappa shape index (κ3) is 7.39. The van der Waals surface area contributed by atoms with Crippen molar-refractivity contribution in [2.45, 2.75) is 76.7 Å². The number of halogens is 1. The van der Waals surface area contributed by atoms with E-state index in [0.717, 1.165) is 25.7 Å². The van der Waals surface area contributed by atoms with E-state index in [0.29, 0.717) is 24.8 Å². The molecule has 2 saturated carbocycles. The van der Waals surface area contributed by atoms with Gasteiger partial charge in [-0.2, -0.15) is 0 Å². The lowest BCUT2D eigenvalue weighted by Gasteiger charge is -2.30. The van der Waals surface area contributed by atoms with Crippen LogP contribution >= 0.6 is 12.4 Å². The highest BCUT2D eigenvalue weighted by atomic mass is 35.5. The number of nitrogens with two attached hydrogens (primary N) is 1. The van der Waals surface area contributed by atoms with Gasteiger partial charge in [0.2, 0.25) is 11.8 Å². The molecule has 5 nitrogen and oxygen atoms in total. The fourth-order valence-electron chi connectivity index (χ4n) is 4.07. The highest BCUT2D eigenvalue weighted by Crippen LogP contribution is 2.26. The fourth-order valence-corrected chi connectivity index (χ4v) is 4.07. The first-order valence-corrected chi connectivity index (χ1v) is 9.45. The molecule has 6 heteroatoms. The number of nitrogens with one attached hydrogen (secondary N) is 2. The Balaban J connectivity index is 0.00000288. The largest absolute Gasteiger partial charge is 0.350 e. The molecule has 1 atom stereocenters. The van der Waals surface area contributed by atoms with Crippen molar-refractivity contribution in [1.82, 2.24) is 10.6 Å². The van der Waals surface area contributed by atoms with Crippen molar-refractivity contribution in [3.05, 3.63) is 0 Å². The predicted molar refractivity (Wildman–Crippen MR) is 99.0 cm³/mol. The molecule has 0 aromatic carbocycles. The topological polar surface area (TPSA) is 84.2 Å². The van der Waals surface area contributed by atoms with Crippen LogP contribution in [-0.2, 0) is 9.59 Å². The molecule has 0 aliphatic heterocycles. The van der Waals surface area contributed by atoms with Crippen LogP contribution in [-0.4, -0.2) is 30.9 Å². The molecule has 0 aromatic heterocycles. The van der Waals surface area contributed by atoms with Crippen LogP contribution in [0.2, 0.25) is 0 Å². The standard InChI is InChI=1S/C18H33N3O2.ClH/c19-12-16(15-9-5-2-6-10-15)21-18(23)13-20-17(22)11-14-7-3-1-4-8-14;/h14-16H,1-13,19H2,(H,20,22)(H,21,23);1H. The Morgan fingerprint density at radius 1 is 0.917 bits per heavy atom. The molecular weight excluding hydrogens is 326 g/mol. The lowest BCUT2D eigenvalue weighted by molar-refractivity contribution is -0.127. The van der Waals surface area contributed by atoms with Gasteiger partial charge in [-0.15, -0.1) is 12.4 Å². The van der Waals surface area contributed by atoms with Crippen molar-refractivity contribution in [3.63, 3.8) is 0 Å². The van der Waals surface area contributed by atoms with Gasteiger partial charge in [0.25, 0.3) is 0 Å². The average molecular weight is 360 g/mol. The third-order valence-electron chi connectivity index (χ3n) is 5.46. The maximum Gasteiger partial charge on any atom is 0.239 e. The Morgan fingerprint density at radius 2 is 1.50 bits per heavy atom. The molecule has 0 spiro atoms. The molecular formula is C18H34ClN3O2. The van der Waals surface area contributed by atoms with Crippen molar-refractivity contribution in [1.29, 1.82) is 0 Å². The van der Waals surface area contributed by atoms with Crippen molar-refractivity contribution in [3.8, 4) is 0 Å². The van der Waals surface area contributed by atoms with E-state index in [2.05, 4.69) is 10.6 Å². The zero-order chi connectivity index (χ0) is 16.5. The van der Waals surface area contributed by atoms with E-state index in [9.17, 15) is 9.59 Å². The van der Waals surface area contributed by atoms with Gasteiger partial charge >= 0.3 is 0 Å². The molecule has 0 aromatic rings. The lowest BCUT2D eigenvalue weighted by atomic mass is 9.84. The van der Waals surface area contributed by atoms with Crippen molar-refractivity contribution >= 4 is 24.2 Å². The number of carbonyl (C=O) groups is 2. The summed E-state index contributed by atoms with van der Waals surface area (Å²) < 4.78 is 0. The fraction of sp³-hybridized carbons (Fsp3) is 0.889. The summed E-state index contributed by atoms with van der Waals surface area (Å²) in [6.45, 7) is 0.557. The smallest absolute Gasteiger partial charge is 0.239 e. The summed E-state index contributed by atoms with van der Waals surface area (Å²) >= 11 is 0. The second-order valence-corrected chi connectivity index (χ2v) is 7.29. The minimum Gasteiger partial charge on any atom is -0.350 e. The summed E-state index contributed by atoms with van der Waals surface area (Å²) in [6.07, 6.45) is 12.7. The van der Waals surface area contributed by atoms with Gasteiger partial charge in [0.1, 0.15) is 0 Å². The highest BCUT2D eigenvalue weighted by molar-refractivity contribution is 5.85. The Bertz CT molecular complexity index is 380. The minimum atomic E-state index is -0.108. The van der Waals surface area contributed by atoms with Gasteiger partial charge < -0.3 is 16.4 Å². The summed E-state index contributed by atoms with van der Waals surface area (Å²) in [5.74, 6) is 0.901. The van der Waals surface area contributed by atoms with Gasteiger partial charge in [0.05, 0.1) is 6.54 Å². The van der Waals surface area contributed by atoms with Crippen LogP contribution in [0.15, 0.2) is 0 Å². The summed E-state index contributed by atoms with van der Waals surface area (Å²) in [4.78, 5) is 24.0. The summed E-state index contributed by atoms with van der Waals surface area (Å²) in [5.41, 5.74) is 5.83. The van der Waals surface area contributed by atoms with Gasteiger partial charge in [0, 0.05) is 19.0 Å². The Morgan fingerprint density at radius 3 is 2.08 bits per heavy atom. The zero-order valence-corrected chi connectivity index (χ0v) is 15.5. The SMILES string of the molecule is Cl.NCC(NC(=O)CNC(=O)CC1CCCCC1)C1CCCCC1. The van der Waals surface area contributed by atoms with Crippen LogP contribution in [0.25, 0.3) is 0 Å². The van der Waals surface area contributed by atoms with Crippen molar-refractivity contribution < 1.29 is 9.59 Å². The second-order valence-electron chi connectivity index (χ2n) is 7.29. The first-order valence-electron chi connectivity index (χ1n) is 9.45. The number of amides is 2. The number of rotatable bonds is 7. The van der Waals surface area contributed by atoms with E-state index in [-0.39, 0.29) is 36.8 Å². The predicted octanol–water partition coefficient (Wildman–Crippen LogP) is 2.52. The molecule has 0 radical (unpaired) electrons. The molecule has 0 bridgehead atoms. The monoisotopic (exact) mass is 359 g/mol. The van der Waals surface area contributed by atoms with Crippen molar-refractivity contribution in [2.24, 2.45) is 17.6 Å². The molecule has 2 rings (SSSR count). The molecule has 0 heterocycles. The number of hydrogen-bond acceptors (Lipinski definition) is 3. The van der Waals surface area contributed by atoms with Gasteiger partial charge in [0.15, 0.2) is 0 Å². The molecule has 2 amide bonds. The first kappa shape index (κ1) is 21.2. The van der Waals surface area contributed by atoms with E-state index in [1.807, 2.05) is 0 Å². The van der Waals surface area contributed by atoms with Crippen LogP contribution < -0.4 is 16.4 Å². The van der Waals surface area contributed by atoms with Gasteiger partial charge in [-0.25, -0.2) is 0 Å². The first-order chi connectivity index (χ1) is 11.2. The Hall–Kier alpha value is -0.810. The Labute approximate surface area is 152 Å². The van der Waals surface area contributed by atoms with Crippen LogP contribution in [0.1, 0.15) is 70.6 Å². The van der Waals surface area contributed by atoms with Crippen LogP contribution in [0, 0.1) is 11.8 Å². The van der Waals surface area contributed by atoms with E-state index in [1.54, 1.807) is 0 Å². The van der Waals surface area contributed by atoms with Crippen molar-refractivity contribution in [2.75, 3.05) is 13.1 Å². The van der Waals surface area contributed by atoms with E-state index in [4.69, 9.17) is 5.73 Å². The normalized spacial score (nSPS) is 20.7. The molecule has 24 heavy (non-hydrogen) atoms. The van der Waals surface area contributed by atoms with Gasteiger partial charge in [-0.1, -0.05) is 38.5 Å². The zero-order valence-electron chi connectivity index (χ0n) is 14.7. The summed E-state index contributed by atoms with van der Waals surface area (Å²) in [7, 11) is 0. The third-order valence-corrected chi connectivity index (χ3v) is 5.46. The molecule has 2 fully saturated rings. The minimum absolute atomic E-state index is 0. The second kappa shape index (κ2) is 11.7. The van der Waals surface area contributed by atoms with Crippen LogP contribution in [0.3, 0.4) is 0 Å². The van der Waals surface area contributed by atoms with Crippen LogP contribution in [0.5, 0.6) is 0 Å². The van der Waals surface area contributed by atoms with Gasteiger partial charge in [-0.05, 0) is 37.5 Å². The molecule has 4 N–H and O–H groups in total. The number of hydrogen-bond donors (Lipinski definition) is 3. The summed E-state index contributed by atoms with van der Waals surface area (Å²) in [5, 5.41) is 5.79. The quantitative estimate of drug-likeness (QED) is 0.653. The maximum atomic E-state index is 12.1. The van der Waals surface area contributed by atoms with Gasteiger partial charge in [-0.3, -0.25) is 9.59 Å². The van der Waals surface area contributed by atoms with E-state index < -0.39 is 0 Å². The molecule has 2 aliphatic rings. The average Bonchev–Trinajstić information content (AvgIpc) is 2.59. The van der Waals surface area contributed by atoms with E-state index >= 15 is 0 Å². The molecule has 0 saturated heterocycles. The highest BCUT2D eigenvalue weighted by Gasteiger charge is 2.24. The molecule has 2 aliphatic carbocycles. The maximum absolute atomic E-state index is 12.1. The lowest BCUT2D eigenvalue weighted by Crippen LogP contribution is -2.49. The number of carbonyl (C=O) groups excluding carboxylic acids is 2. The molecule has 140 valence electrons. The molecule has 1 unspecified atom stereocenters. The van der Waals surface area contributed by atoms with Crippen LogP contribution in [0.4, 0.5) is 0 Å². The summed E-state index contributed by atoms with van der Waals surface area (Å²) in [6, 6.07) is 0.0537. The van der Waals surface area contributed by atoms with E-state index in [1.165, 1.54) is 38.5 Å². The Kier molecular flexibility index (Phi) is 10.3.